The zero-order valence-corrected chi connectivity index (χ0v) is 16.8. The van der Waals surface area contributed by atoms with Gasteiger partial charge in [0, 0.05) is 48.7 Å². The number of amides is 1. The molecule has 0 spiro atoms. The van der Waals surface area contributed by atoms with E-state index in [2.05, 4.69) is 20.3 Å². The molecule has 1 amide bonds. The van der Waals surface area contributed by atoms with Gasteiger partial charge >= 0.3 is 6.18 Å². The molecule has 0 atom stereocenters. The molecule has 6 nitrogen and oxygen atoms in total. The molecule has 1 saturated heterocycles. The lowest BCUT2D eigenvalue weighted by Gasteiger charge is -2.32. The predicted molar refractivity (Wildman–Crippen MR) is 110 cm³/mol. The highest BCUT2D eigenvalue weighted by atomic mass is 19.4. The SMILES string of the molecule is O=C(Nc1ccc(F)cc1)C1CCN(c2cc(C(F)(F)F)nc(-c3ccncc3)n2)CC1. The topological polar surface area (TPSA) is 71.0 Å². The molecule has 4 rings (SSSR count). The fraction of sp³-hybridized carbons (Fsp3) is 0.273. The highest BCUT2D eigenvalue weighted by Crippen LogP contribution is 2.33. The molecule has 1 aliphatic rings. The summed E-state index contributed by atoms with van der Waals surface area (Å²) < 4.78 is 53.3. The van der Waals surface area contributed by atoms with Gasteiger partial charge in [0.2, 0.25) is 5.91 Å². The quantitative estimate of drug-likeness (QED) is 0.597. The van der Waals surface area contributed by atoms with Gasteiger partial charge in [-0.15, -0.1) is 0 Å². The van der Waals surface area contributed by atoms with Gasteiger partial charge < -0.3 is 10.2 Å². The largest absolute Gasteiger partial charge is 0.433 e. The minimum atomic E-state index is -4.62. The normalized spacial score (nSPS) is 14.9. The molecule has 3 heterocycles. The molecule has 0 saturated carbocycles. The van der Waals surface area contributed by atoms with Crippen molar-refractivity contribution in [3.05, 3.63) is 66.4 Å². The minimum Gasteiger partial charge on any atom is -0.356 e. The summed E-state index contributed by atoms with van der Waals surface area (Å²) in [6, 6.07) is 9.49. The van der Waals surface area contributed by atoms with Crippen LogP contribution in [-0.4, -0.2) is 33.9 Å². The number of carbonyl (C=O) groups excluding carboxylic acids is 1. The van der Waals surface area contributed by atoms with Crippen molar-refractivity contribution in [3.63, 3.8) is 0 Å². The maximum Gasteiger partial charge on any atom is 0.433 e. The van der Waals surface area contributed by atoms with Gasteiger partial charge in [-0.2, -0.15) is 13.2 Å². The summed E-state index contributed by atoms with van der Waals surface area (Å²) in [5, 5.41) is 2.75. The monoisotopic (exact) mass is 445 g/mol. The number of carbonyl (C=O) groups is 1. The predicted octanol–water partition coefficient (Wildman–Crippen LogP) is 4.55. The van der Waals surface area contributed by atoms with Crippen molar-refractivity contribution in [1.82, 2.24) is 15.0 Å². The highest BCUT2D eigenvalue weighted by molar-refractivity contribution is 5.92. The van der Waals surface area contributed by atoms with E-state index < -0.39 is 17.7 Å². The Morgan fingerprint density at radius 2 is 1.66 bits per heavy atom. The molecule has 0 unspecified atom stereocenters. The summed E-state index contributed by atoms with van der Waals surface area (Å²) in [5.41, 5.74) is -0.0992. The number of alkyl halides is 3. The van der Waals surface area contributed by atoms with Crippen LogP contribution >= 0.6 is 0 Å². The zero-order chi connectivity index (χ0) is 22.7. The van der Waals surface area contributed by atoms with E-state index in [1.807, 2.05) is 0 Å². The van der Waals surface area contributed by atoms with Crippen molar-refractivity contribution in [2.75, 3.05) is 23.3 Å². The summed E-state index contributed by atoms with van der Waals surface area (Å²) in [4.78, 5) is 26.1. The molecule has 32 heavy (non-hydrogen) atoms. The van der Waals surface area contributed by atoms with Crippen LogP contribution in [-0.2, 0) is 11.0 Å². The second-order valence-electron chi connectivity index (χ2n) is 7.43. The van der Waals surface area contributed by atoms with Crippen molar-refractivity contribution in [2.45, 2.75) is 19.0 Å². The Bertz CT molecular complexity index is 1080. The molecule has 3 aromatic rings. The number of halogens is 4. The number of hydrogen-bond acceptors (Lipinski definition) is 5. The third-order valence-electron chi connectivity index (χ3n) is 5.24. The highest BCUT2D eigenvalue weighted by Gasteiger charge is 2.35. The number of benzene rings is 1. The lowest BCUT2D eigenvalue weighted by molar-refractivity contribution is -0.141. The van der Waals surface area contributed by atoms with E-state index >= 15 is 0 Å². The Morgan fingerprint density at radius 3 is 2.28 bits per heavy atom. The van der Waals surface area contributed by atoms with Gasteiger partial charge in [-0.1, -0.05) is 0 Å². The van der Waals surface area contributed by atoms with Crippen LogP contribution < -0.4 is 10.2 Å². The van der Waals surface area contributed by atoms with Crippen LogP contribution in [0.25, 0.3) is 11.4 Å². The van der Waals surface area contributed by atoms with E-state index in [-0.39, 0.29) is 23.5 Å². The molecule has 0 aliphatic carbocycles. The molecule has 10 heteroatoms. The van der Waals surface area contributed by atoms with Crippen LogP contribution in [0.5, 0.6) is 0 Å². The number of pyridine rings is 1. The third-order valence-corrected chi connectivity index (χ3v) is 5.24. The third kappa shape index (κ3) is 5.01. The lowest BCUT2D eigenvalue weighted by Crippen LogP contribution is -2.38. The number of hydrogen-bond donors (Lipinski definition) is 1. The van der Waals surface area contributed by atoms with Crippen LogP contribution in [0, 0.1) is 11.7 Å². The summed E-state index contributed by atoms with van der Waals surface area (Å²) >= 11 is 0. The van der Waals surface area contributed by atoms with Crippen molar-refractivity contribution < 1.29 is 22.4 Å². The first-order valence-electron chi connectivity index (χ1n) is 9.97. The van der Waals surface area contributed by atoms with E-state index in [1.165, 1.54) is 36.7 Å². The Kier molecular flexibility index (Phi) is 6.02. The molecule has 1 aromatic carbocycles. The second-order valence-corrected chi connectivity index (χ2v) is 7.43. The van der Waals surface area contributed by atoms with Gasteiger partial charge in [0.15, 0.2) is 11.5 Å². The average molecular weight is 445 g/mol. The van der Waals surface area contributed by atoms with E-state index in [1.54, 1.807) is 17.0 Å². The summed E-state index contributed by atoms with van der Waals surface area (Å²) in [7, 11) is 0. The van der Waals surface area contributed by atoms with Gasteiger partial charge in [0.1, 0.15) is 11.6 Å². The number of rotatable bonds is 4. The van der Waals surface area contributed by atoms with Crippen molar-refractivity contribution in [3.8, 4) is 11.4 Å². The first kappa shape index (κ1) is 21.7. The van der Waals surface area contributed by atoms with Gasteiger partial charge in [0.05, 0.1) is 0 Å². The van der Waals surface area contributed by atoms with E-state index in [0.717, 1.165) is 6.07 Å². The Morgan fingerprint density at radius 1 is 1.00 bits per heavy atom. The van der Waals surface area contributed by atoms with Crippen LogP contribution in [0.4, 0.5) is 29.1 Å². The summed E-state index contributed by atoms with van der Waals surface area (Å²) in [5.74, 6) is -0.775. The minimum absolute atomic E-state index is 0.0339. The number of nitrogens with one attached hydrogen (secondary N) is 1. The molecule has 1 N–H and O–H groups in total. The van der Waals surface area contributed by atoms with Crippen molar-refractivity contribution >= 4 is 17.4 Å². The fourth-order valence-electron chi connectivity index (χ4n) is 3.52. The number of nitrogens with zero attached hydrogens (tertiary/aromatic N) is 4. The smallest absolute Gasteiger partial charge is 0.356 e. The lowest BCUT2D eigenvalue weighted by atomic mass is 9.95. The molecular weight excluding hydrogens is 426 g/mol. The van der Waals surface area contributed by atoms with E-state index in [0.29, 0.717) is 37.2 Å². The molecule has 0 bridgehead atoms. The maximum absolute atomic E-state index is 13.4. The Balaban J connectivity index is 1.49. The van der Waals surface area contributed by atoms with Crippen LogP contribution in [0.2, 0.25) is 0 Å². The number of aromatic nitrogens is 3. The standard InChI is InChI=1S/C22H19F4N5O/c23-16-1-3-17(4-2-16)28-21(32)15-7-11-31(12-8-15)19-13-18(22(24,25)26)29-20(30-19)14-5-9-27-10-6-14/h1-6,9-10,13,15H,7-8,11-12H2,(H,28,32). The first-order chi connectivity index (χ1) is 15.3. The first-order valence-corrected chi connectivity index (χ1v) is 9.97. The van der Waals surface area contributed by atoms with E-state index in [4.69, 9.17) is 0 Å². The van der Waals surface area contributed by atoms with Gasteiger partial charge in [-0.05, 0) is 49.2 Å². The van der Waals surface area contributed by atoms with Crippen LogP contribution in [0.1, 0.15) is 18.5 Å². The maximum atomic E-state index is 13.4. The summed E-state index contributed by atoms with van der Waals surface area (Å²) in [6.07, 6.45) is -0.799. The van der Waals surface area contributed by atoms with Crippen molar-refractivity contribution in [1.29, 1.82) is 0 Å². The van der Waals surface area contributed by atoms with Crippen LogP contribution in [0.3, 0.4) is 0 Å². The van der Waals surface area contributed by atoms with Crippen molar-refractivity contribution in [2.24, 2.45) is 5.92 Å². The molecule has 0 radical (unpaired) electrons. The fourth-order valence-corrected chi connectivity index (χ4v) is 3.52. The number of anilines is 2. The molecule has 166 valence electrons. The van der Waals surface area contributed by atoms with Gasteiger partial charge in [-0.25, -0.2) is 14.4 Å². The molecular formula is C22H19F4N5O. The second kappa shape index (κ2) is 8.89. The van der Waals surface area contributed by atoms with Gasteiger partial charge in [0.25, 0.3) is 0 Å². The summed E-state index contributed by atoms with van der Waals surface area (Å²) in [6.45, 7) is 0.733. The average Bonchev–Trinajstić information content (AvgIpc) is 2.80. The molecule has 1 fully saturated rings. The van der Waals surface area contributed by atoms with Gasteiger partial charge in [-0.3, -0.25) is 9.78 Å². The Hall–Kier alpha value is -3.56. The zero-order valence-electron chi connectivity index (χ0n) is 16.8. The van der Waals surface area contributed by atoms with E-state index in [9.17, 15) is 22.4 Å². The molecule has 2 aromatic heterocycles. The Labute approximate surface area is 181 Å². The number of piperidine rings is 1. The van der Waals surface area contributed by atoms with Crippen LogP contribution in [0.15, 0.2) is 54.9 Å². The molecule has 1 aliphatic heterocycles.